The Bertz CT molecular complexity index is 467. The topological polar surface area (TPSA) is 87.7 Å². The van der Waals surface area contributed by atoms with Crippen molar-refractivity contribution >= 4 is 23.5 Å². The van der Waals surface area contributed by atoms with E-state index in [1.54, 1.807) is 31.4 Å². The molecule has 0 fully saturated rings. The number of hydrogen-bond acceptors (Lipinski definition) is 4. The van der Waals surface area contributed by atoms with Crippen molar-refractivity contribution in [3.8, 4) is 0 Å². The van der Waals surface area contributed by atoms with Crippen molar-refractivity contribution in [1.29, 1.82) is 0 Å². The van der Waals surface area contributed by atoms with Crippen molar-refractivity contribution in [3.63, 3.8) is 0 Å². The van der Waals surface area contributed by atoms with Crippen LogP contribution in [0.5, 0.6) is 0 Å². The fourth-order valence-corrected chi connectivity index (χ4v) is 1.81. The summed E-state index contributed by atoms with van der Waals surface area (Å²) >= 11 is 5.95. The number of aliphatic carboxylic acids is 1. The van der Waals surface area contributed by atoms with Gasteiger partial charge in [0.15, 0.2) is 6.04 Å². The zero-order valence-corrected chi connectivity index (χ0v) is 11.8. The smallest absolute Gasteiger partial charge is 0.330 e. The van der Waals surface area contributed by atoms with Gasteiger partial charge in [-0.15, -0.1) is 0 Å². The number of carbonyl (C=O) groups is 2. The number of halogens is 1. The fraction of sp³-hybridized carbons (Fsp3) is 0.385. The monoisotopic (exact) mass is 300 g/mol. The molecule has 0 saturated heterocycles. The van der Waals surface area contributed by atoms with Crippen LogP contribution in [0.15, 0.2) is 24.3 Å². The third-order valence-electron chi connectivity index (χ3n) is 2.54. The standard InChI is InChI=1S/C13H17ClN2O4/c1-20-7-6-15-8-11(17)16-12(13(18)19)9-4-2-3-5-10(9)14/h2-5,12,15H,6-8H2,1H3,(H,16,17)(H,18,19)/t12-/m1/s1. The van der Waals surface area contributed by atoms with Crippen molar-refractivity contribution in [2.24, 2.45) is 0 Å². The van der Waals surface area contributed by atoms with Crippen LogP contribution in [0.1, 0.15) is 11.6 Å². The molecule has 0 saturated carbocycles. The Kier molecular flexibility index (Phi) is 7.00. The first-order valence-corrected chi connectivity index (χ1v) is 6.40. The lowest BCUT2D eigenvalue weighted by Gasteiger charge is -2.16. The summed E-state index contributed by atoms with van der Waals surface area (Å²) in [5, 5.41) is 14.8. The summed E-state index contributed by atoms with van der Waals surface area (Å²) in [5.74, 6) is -1.59. The molecule has 0 unspecified atom stereocenters. The van der Waals surface area contributed by atoms with Crippen molar-refractivity contribution in [3.05, 3.63) is 34.9 Å². The first kappa shape index (κ1) is 16.4. The maximum absolute atomic E-state index is 11.7. The highest BCUT2D eigenvalue weighted by atomic mass is 35.5. The molecule has 20 heavy (non-hydrogen) atoms. The normalized spacial score (nSPS) is 11.9. The minimum atomic E-state index is -1.17. The van der Waals surface area contributed by atoms with Crippen LogP contribution in [0.4, 0.5) is 0 Å². The van der Waals surface area contributed by atoms with Gasteiger partial charge >= 0.3 is 5.97 Å². The molecule has 3 N–H and O–H groups in total. The SMILES string of the molecule is COCCNCC(=O)N[C@@H](C(=O)O)c1ccccc1Cl. The van der Waals surface area contributed by atoms with E-state index in [0.29, 0.717) is 23.7 Å². The Morgan fingerprint density at radius 3 is 2.70 bits per heavy atom. The van der Waals surface area contributed by atoms with Crippen LogP contribution in [0.2, 0.25) is 5.02 Å². The van der Waals surface area contributed by atoms with Gasteiger partial charge in [-0.2, -0.15) is 0 Å². The lowest BCUT2D eigenvalue weighted by atomic mass is 10.1. The van der Waals surface area contributed by atoms with Crippen molar-refractivity contribution in [1.82, 2.24) is 10.6 Å². The third-order valence-corrected chi connectivity index (χ3v) is 2.88. The predicted octanol–water partition coefficient (Wildman–Crippen LogP) is 0.818. The summed E-state index contributed by atoms with van der Waals surface area (Å²) in [5.41, 5.74) is 0.354. The Morgan fingerprint density at radius 2 is 2.10 bits per heavy atom. The molecule has 0 radical (unpaired) electrons. The molecular weight excluding hydrogens is 284 g/mol. The summed E-state index contributed by atoms with van der Waals surface area (Å²) in [6.45, 7) is 0.992. The van der Waals surface area contributed by atoms with E-state index >= 15 is 0 Å². The summed E-state index contributed by atoms with van der Waals surface area (Å²) in [4.78, 5) is 22.9. The number of amides is 1. The number of rotatable bonds is 8. The highest BCUT2D eigenvalue weighted by Gasteiger charge is 2.23. The highest BCUT2D eigenvalue weighted by molar-refractivity contribution is 6.31. The van der Waals surface area contributed by atoms with Gasteiger partial charge in [0.2, 0.25) is 5.91 Å². The molecule has 110 valence electrons. The zero-order valence-electron chi connectivity index (χ0n) is 11.1. The molecule has 0 heterocycles. The fourth-order valence-electron chi connectivity index (χ4n) is 1.57. The van der Waals surface area contributed by atoms with Crippen LogP contribution in [-0.4, -0.2) is 43.8 Å². The number of carbonyl (C=O) groups excluding carboxylic acids is 1. The highest BCUT2D eigenvalue weighted by Crippen LogP contribution is 2.22. The Balaban J connectivity index is 2.62. The van der Waals surface area contributed by atoms with Crippen molar-refractivity contribution < 1.29 is 19.4 Å². The predicted molar refractivity (Wildman–Crippen MR) is 74.7 cm³/mol. The number of methoxy groups -OCH3 is 1. The van der Waals surface area contributed by atoms with E-state index in [2.05, 4.69) is 10.6 Å². The van der Waals surface area contributed by atoms with Crippen molar-refractivity contribution in [2.75, 3.05) is 26.8 Å². The van der Waals surface area contributed by atoms with Gasteiger partial charge in [0.05, 0.1) is 13.2 Å². The van der Waals surface area contributed by atoms with Gasteiger partial charge in [0.1, 0.15) is 0 Å². The molecular formula is C13H17ClN2O4. The van der Waals surface area contributed by atoms with Gasteiger partial charge in [-0.05, 0) is 6.07 Å². The number of benzene rings is 1. The molecule has 1 amide bonds. The summed E-state index contributed by atoms with van der Waals surface area (Å²) in [6.07, 6.45) is 0. The molecule has 0 aliphatic carbocycles. The van der Waals surface area contributed by atoms with E-state index in [1.807, 2.05) is 0 Å². The number of hydrogen-bond donors (Lipinski definition) is 3. The number of nitrogens with one attached hydrogen (secondary N) is 2. The van der Waals surface area contributed by atoms with E-state index in [-0.39, 0.29) is 6.54 Å². The van der Waals surface area contributed by atoms with Gasteiger partial charge in [0, 0.05) is 24.2 Å². The van der Waals surface area contributed by atoms with Gasteiger partial charge in [0.25, 0.3) is 0 Å². The molecule has 0 aromatic heterocycles. The maximum atomic E-state index is 11.7. The lowest BCUT2D eigenvalue weighted by Crippen LogP contribution is -2.40. The molecule has 0 aliphatic heterocycles. The number of ether oxygens (including phenoxy) is 1. The minimum absolute atomic E-state index is 0.0115. The Hall–Kier alpha value is -1.63. The molecule has 0 aliphatic rings. The van der Waals surface area contributed by atoms with Crippen molar-refractivity contribution in [2.45, 2.75) is 6.04 Å². The van der Waals surface area contributed by atoms with Gasteiger partial charge in [-0.25, -0.2) is 4.79 Å². The van der Waals surface area contributed by atoms with Gasteiger partial charge < -0.3 is 20.5 Å². The quantitative estimate of drug-likeness (QED) is 0.619. The first-order chi connectivity index (χ1) is 9.56. The molecule has 1 rings (SSSR count). The van der Waals surface area contributed by atoms with Crippen LogP contribution in [0.3, 0.4) is 0 Å². The van der Waals surface area contributed by atoms with Crippen LogP contribution in [0, 0.1) is 0 Å². The molecule has 0 spiro atoms. The molecule has 6 nitrogen and oxygen atoms in total. The zero-order chi connectivity index (χ0) is 15.0. The summed E-state index contributed by atoms with van der Waals surface area (Å²) < 4.78 is 4.82. The third kappa shape index (κ3) is 5.16. The Morgan fingerprint density at radius 1 is 1.40 bits per heavy atom. The Labute approximate surface area is 122 Å². The van der Waals surface area contributed by atoms with E-state index in [9.17, 15) is 14.7 Å². The second-order valence-electron chi connectivity index (χ2n) is 4.03. The number of carboxylic acid groups (broad SMARTS) is 1. The molecule has 0 bridgehead atoms. The summed E-state index contributed by atoms with van der Waals surface area (Å²) in [6, 6.07) is 5.34. The lowest BCUT2D eigenvalue weighted by molar-refractivity contribution is -0.141. The molecule has 1 aromatic rings. The summed E-state index contributed by atoms with van der Waals surface area (Å²) in [7, 11) is 1.56. The van der Waals surface area contributed by atoms with Crippen LogP contribution >= 0.6 is 11.6 Å². The maximum Gasteiger partial charge on any atom is 0.330 e. The second kappa shape index (κ2) is 8.52. The van der Waals surface area contributed by atoms with E-state index in [1.165, 1.54) is 0 Å². The molecule has 1 atom stereocenters. The van der Waals surface area contributed by atoms with E-state index < -0.39 is 17.9 Å². The first-order valence-electron chi connectivity index (χ1n) is 6.02. The van der Waals surface area contributed by atoms with Crippen LogP contribution in [0.25, 0.3) is 0 Å². The van der Waals surface area contributed by atoms with E-state index in [0.717, 1.165) is 0 Å². The van der Waals surface area contributed by atoms with Crippen LogP contribution in [-0.2, 0) is 14.3 Å². The largest absolute Gasteiger partial charge is 0.479 e. The average Bonchev–Trinajstić information content (AvgIpc) is 2.42. The molecule has 1 aromatic carbocycles. The van der Waals surface area contributed by atoms with Gasteiger partial charge in [-0.1, -0.05) is 29.8 Å². The van der Waals surface area contributed by atoms with E-state index in [4.69, 9.17) is 16.3 Å². The number of carboxylic acids is 1. The second-order valence-corrected chi connectivity index (χ2v) is 4.44. The minimum Gasteiger partial charge on any atom is -0.479 e. The average molecular weight is 301 g/mol. The van der Waals surface area contributed by atoms with Crippen LogP contribution < -0.4 is 10.6 Å². The molecule has 7 heteroatoms. The van der Waals surface area contributed by atoms with Gasteiger partial charge in [-0.3, -0.25) is 4.79 Å².